The van der Waals surface area contributed by atoms with E-state index >= 15 is 0 Å². The van der Waals surface area contributed by atoms with Gasteiger partial charge in [0, 0.05) is 12.3 Å². The summed E-state index contributed by atoms with van der Waals surface area (Å²) in [5, 5.41) is 0. The van der Waals surface area contributed by atoms with Gasteiger partial charge in [-0.1, -0.05) is 30.5 Å². The minimum Gasteiger partial charge on any atom is -0.490 e. The highest BCUT2D eigenvalue weighted by Gasteiger charge is 2.37. The van der Waals surface area contributed by atoms with Gasteiger partial charge in [0.05, 0.1) is 0 Å². The van der Waals surface area contributed by atoms with Crippen LogP contribution in [0.4, 0.5) is 0 Å². The molecule has 1 fully saturated rings. The molecule has 1 aromatic rings. The first-order valence-corrected chi connectivity index (χ1v) is 7.56. The van der Waals surface area contributed by atoms with E-state index in [9.17, 15) is 0 Å². The monoisotopic (exact) mass is 264 g/mol. The van der Waals surface area contributed by atoms with Crippen LogP contribution in [0.5, 0.6) is 5.75 Å². The van der Waals surface area contributed by atoms with E-state index < -0.39 is 0 Å². The number of hydrogen-bond acceptors (Lipinski definition) is 1. The molecule has 18 heavy (non-hydrogen) atoms. The van der Waals surface area contributed by atoms with Gasteiger partial charge in [0.2, 0.25) is 0 Å². The SMILES string of the molecule is Cc1ccc2c(c1)CC(CC1(CCl)CCCC1)O2. The second kappa shape index (κ2) is 4.77. The zero-order valence-corrected chi connectivity index (χ0v) is 11.8. The molecule has 0 radical (unpaired) electrons. The Labute approximate surface area is 114 Å². The zero-order valence-electron chi connectivity index (χ0n) is 11.0. The van der Waals surface area contributed by atoms with E-state index in [1.54, 1.807) is 0 Å². The molecule has 0 N–H and O–H groups in total. The summed E-state index contributed by atoms with van der Waals surface area (Å²) in [6, 6.07) is 6.51. The molecule has 1 heterocycles. The van der Waals surface area contributed by atoms with Crippen molar-refractivity contribution in [2.45, 2.75) is 51.6 Å². The molecule has 0 saturated heterocycles. The molecule has 1 aliphatic heterocycles. The number of hydrogen-bond donors (Lipinski definition) is 0. The van der Waals surface area contributed by atoms with Crippen LogP contribution in [-0.4, -0.2) is 12.0 Å². The normalized spacial score (nSPS) is 24.9. The molecule has 1 aromatic carbocycles. The Morgan fingerprint density at radius 2 is 2.11 bits per heavy atom. The summed E-state index contributed by atoms with van der Waals surface area (Å²) >= 11 is 6.22. The van der Waals surface area contributed by atoms with Gasteiger partial charge < -0.3 is 4.74 Å². The van der Waals surface area contributed by atoms with Gasteiger partial charge in [-0.15, -0.1) is 11.6 Å². The standard InChI is InChI=1S/C16H21ClO/c1-12-4-5-15-13(8-12)9-14(18-15)10-16(11-17)6-2-3-7-16/h4-5,8,14H,2-3,6-7,9-11H2,1H3. The molecule has 1 saturated carbocycles. The van der Waals surface area contributed by atoms with Gasteiger partial charge in [-0.05, 0) is 43.2 Å². The smallest absolute Gasteiger partial charge is 0.123 e. The van der Waals surface area contributed by atoms with Crippen LogP contribution in [0, 0.1) is 12.3 Å². The van der Waals surface area contributed by atoms with Crippen molar-refractivity contribution in [2.24, 2.45) is 5.41 Å². The van der Waals surface area contributed by atoms with E-state index in [0.717, 1.165) is 24.5 Å². The fourth-order valence-corrected chi connectivity index (χ4v) is 3.94. The molecular formula is C16H21ClO. The van der Waals surface area contributed by atoms with Crippen LogP contribution in [-0.2, 0) is 6.42 Å². The molecule has 3 rings (SSSR count). The lowest BCUT2D eigenvalue weighted by Gasteiger charge is -2.29. The van der Waals surface area contributed by atoms with Crippen molar-refractivity contribution >= 4 is 11.6 Å². The zero-order chi connectivity index (χ0) is 12.6. The predicted octanol–water partition coefficient (Wildman–Crippen LogP) is 4.49. The molecule has 0 aromatic heterocycles. The van der Waals surface area contributed by atoms with E-state index in [1.165, 1.54) is 36.8 Å². The molecule has 2 aliphatic rings. The maximum absolute atomic E-state index is 6.22. The van der Waals surface area contributed by atoms with Gasteiger partial charge >= 0.3 is 0 Å². The molecule has 98 valence electrons. The summed E-state index contributed by atoms with van der Waals surface area (Å²) in [7, 11) is 0. The number of aryl methyl sites for hydroxylation is 1. The Morgan fingerprint density at radius 3 is 2.83 bits per heavy atom. The van der Waals surface area contributed by atoms with Crippen molar-refractivity contribution in [3.05, 3.63) is 29.3 Å². The number of fused-ring (bicyclic) bond motifs is 1. The van der Waals surface area contributed by atoms with Gasteiger partial charge in [0.15, 0.2) is 0 Å². The van der Waals surface area contributed by atoms with E-state index in [2.05, 4.69) is 25.1 Å². The summed E-state index contributed by atoms with van der Waals surface area (Å²) < 4.78 is 6.09. The largest absolute Gasteiger partial charge is 0.490 e. The molecule has 0 bridgehead atoms. The topological polar surface area (TPSA) is 9.23 Å². The van der Waals surface area contributed by atoms with E-state index in [4.69, 9.17) is 16.3 Å². The van der Waals surface area contributed by atoms with Crippen molar-refractivity contribution in [3.63, 3.8) is 0 Å². The summed E-state index contributed by atoms with van der Waals surface area (Å²) in [5.74, 6) is 1.88. The van der Waals surface area contributed by atoms with Crippen LogP contribution in [0.2, 0.25) is 0 Å². The average molecular weight is 265 g/mol. The Hall–Kier alpha value is -0.690. The third-order valence-electron chi connectivity index (χ3n) is 4.57. The lowest BCUT2D eigenvalue weighted by molar-refractivity contribution is 0.151. The van der Waals surface area contributed by atoms with Crippen LogP contribution in [0.25, 0.3) is 0 Å². The number of rotatable bonds is 3. The maximum Gasteiger partial charge on any atom is 0.123 e. The summed E-state index contributed by atoms with van der Waals surface area (Å²) in [5.41, 5.74) is 3.05. The van der Waals surface area contributed by atoms with Gasteiger partial charge in [0.1, 0.15) is 11.9 Å². The summed E-state index contributed by atoms with van der Waals surface area (Å²) in [6.45, 7) is 2.14. The minimum atomic E-state index is 0.346. The van der Waals surface area contributed by atoms with Crippen LogP contribution in [0.1, 0.15) is 43.2 Å². The molecule has 0 amide bonds. The molecule has 1 unspecified atom stereocenters. The van der Waals surface area contributed by atoms with E-state index in [0.29, 0.717) is 11.5 Å². The van der Waals surface area contributed by atoms with Crippen LogP contribution in [0.15, 0.2) is 18.2 Å². The quantitative estimate of drug-likeness (QED) is 0.731. The Kier molecular flexibility index (Phi) is 3.27. The van der Waals surface area contributed by atoms with Gasteiger partial charge in [0.25, 0.3) is 0 Å². The van der Waals surface area contributed by atoms with Crippen molar-refractivity contribution < 1.29 is 4.74 Å². The average Bonchev–Trinajstić information content (AvgIpc) is 2.96. The first-order chi connectivity index (χ1) is 8.71. The molecule has 1 aliphatic carbocycles. The molecular weight excluding hydrogens is 244 g/mol. The van der Waals surface area contributed by atoms with Gasteiger partial charge in [-0.2, -0.15) is 0 Å². The fraction of sp³-hybridized carbons (Fsp3) is 0.625. The van der Waals surface area contributed by atoms with Crippen molar-refractivity contribution in [3.8, 4) is 5.75 Å². The highest BCUT2D eigenvalue weighted by molar-refractivity contribution is 6.18. The lowest BCUT2D eigenvalue weighted by atomic mass is 9.82. The second-order valence-corrected chi connectivity index (χ2v) is 6.37. The third-order valence-corrected chi connectivity index (χ3v) is 5.13. The highest BCUT2D eigenvalue weighted by atomic mass is 35.5. The lowest BCUT2D eigenvalue weighted by Crippen LogP contribution is -2.28. The van der Waals surface area contributed by atoms with E-state index in [-0.39, 0.29) is 0 Å². The Morgan fingerprint density at radius 1 is 1.33 bits per heavy atom. The minimum absolute atomic E-state index is 0.346. The summed E-state index contributed by atoms with van der Waals surface area (Å²) in [6.07, 6.45) is 7.78. The van der Waals surface area contributed by atoms with Gasteiger partial charge in [-0.3, -0.25) is 0 Å². The van der Waals surface area contributed by atoms with Crippen molar-refractivity contribution in [1.29, 1.82) is 0 Å². The first kappa shape index (κ1) is 12.3. The van der Waals surface area contributed by atoms with Crippen LogP contribution < -0.4 is 4.74 Å². The number of halogens is 1. The Bertz CT molecular complexity index is 435. The second-order valence-electron chi connectivity index (χ2n) is 6.10. The first-order valence-electron chi connectivity index (χ1n) is 7.03. The number of benzene rings is 1. The molecule has 1 atom stereocenters. The summed E-state index contributed by atoms with van der Waals surface area (Å²) in [4.78, 5) is 0. The molecule has 1 nitrogen and oxygen atoms in total. The van der Waals surface area contributed by atoms with E-state index in [1.807, 2.05) is 0 Å². The maximum atomic E-state index is 6.22. The Balaban J connectivity index is 1.70. The predicted molar refractivity (Wildman–Crippen MR) is 75.5 cm³/mol. The van der Waals surface area contributed by atoms with Crippen LogP contribution >= 0.6 is 11.6 Å². The van der Waals surface area contributed by atoms with Crippen molar-refractivity contribution in [1.82, 2.24) is 0 Å². The number of alkyl halides is 1. The highest BCUT2D eigenvalue weighted by Crippen LogP contribution is 2.45. The molecule has 2 heteroatoms. The fourth-order valence-electron chi connectivity index (χ4n) is 3.56. The van der Waals surface area contributed by atoms with Crippen molar-refractivity contribution in [2.75, 3.05) is 5.88 Å². The third kappa shape index (κ3) is 2.25. The number of ether oxygens (including phenoxy) is 1. The molecule has 0 spiro atoms. The van der Waals surface area contributed by atoms with Crippen LogP contribution in [0.3, 0.4) is 0 Å². The van der Waals surface area contributed by atoms with Gasteiger partial charge in [-0.25, -0.2) is 0 Å².